The van der Waals surface area contributed by atoms with Crippen LogP contribution < -0.4 is 0 Å². The number of aryl methyl sites for hydroxylation is 2. The van der Waals surface area contributed by atoms with Gasteiger partial charge in [-0.2, -0.15) is 15.1 Å². The second-order valence-electron chi connectivity index (χ2n) is 5.91. The van der Waals surface area contributed by atoms with Crippen LogP contribution in [0.3, 0.4) is 0 Å². The molecule has 0 aliphatic carbocycles. The molecule has 2 aliphatic heterocycles. The lowest BCUT2D eigenvalue weighted by Gasteiger charge is -2.20. The van der Waals surface area contributed by atoms with Crippen molar-refractivity contribution in [3.05, 3.63) is 58.9 Å². The summed E-state index contributed by atoms with van der Waals surface area (Å²) in [5.41, 5.74) is 5.97. The number of amides is 1. The first kappa shape index (κ1) is 15.6. The lowest BCUT2D eigenvalue weighted by molar-refractivity contribution is -0.114. The molecule has 2 aromatic rings. The molecule has 0 atom stereocenters. The molecule has 1 aromatic heterocycles. The van der Waals surface area contributed by atoms with Crippen molar-refractivity contribution in [2.24, 2.45) is 10.1 Å². The molecule has 7 heteroatoms. The van der Waals surface area contributed by atoms with Crippen LogP contribution in [-0.2, 0) is 4.79 Å². The fraction of sp³-hybridized carbons (Fsp3) is 0.111. The summed E-state index contributed by atoms with van der Waals surface area (Å²) in [6, 6.07) is 10.1. The quantitative estimate of drug-likeness (QED) is 0.845. The second-order valence-corrected chi connectivity index (χ2v) is 6.72. The molecule has 0 radical (unpaired) electrons. The number of aliphatic imine (C=N–C) groups is 1. The Hall–Kier alpha value is -2.93. The van der Waals surface area contributed by atoms with Crippen molar-refractivity contribution in [1.82, 2.24) is 9.58 Å². The lowest BCUT2D eigenvalue weighted by Crippen LogP contribution is -2.35. The number of benzene rings is 1. The first-order chi connectivity index (χ1) is 12.0. The molecular weight excluding hydrogens is 334 g/mol. The van der Waals surface area contributed by atoms with Gasteiger partial charge in [-0.25, -0.2) is 0 Å². The maximum absolute atomic E-state index is 12.3. The molecule has 124 valence electrons. The third kappa shape index (κ3) is 2.72. The van der Waals surface area contributed by atoms with Gasteiger partial charge < -0.3 is 4.57 Å². The molecule has 1 aromatic carbocycles. The number of fused-ring (bicyclic) bond motifs is 1. The maximum atomic E-state index is 12.3. The van der Waals surface area contributed by atoms with Crippen LogP contribution >= 0.6 is 11.8 Å². The number of hydrogen-bond donors (Lipinski definition) is 1. The average Bonchev–Trinajstić information content (AvgIpc) is 3.19. The van der Waals surface area contributed by atoms with Crippen LogP contribution in [0.2, 0.25) is 0 Å². The highest BCUT2D eigenvalue weighted by molar-refractivity contribution is 8.25. The van der Waals surface area contributed by atoms with Gasteiger partial charge in [-0.3, -0.25) is 10.2 Å². The number of thioether (sulfide) groups is 1. The first-order valence-electron chi connectivity index (χ1n) is 7.72. The minimum absolute atomic E-state index is 0.0458. The monoisotopic (exact) mass is 349 g/mol. The smallest absolute Gasteiger partial charge is 0.283 e. The average molecular weight is 349 g/mol. The van der Waals surface area contributed by atoms with Gasteiger partial charge in [0.15, 0.2) is 11.0 Å². The summed E-state index contributed by atoms with van der Waals surface area (Å²) in [7, 11) is 0. The van der Waals surface area contributed by atoms with E-state index in [9.17, 15) is 4.79 Å². The molecule has 1 N–H and O–H groups in total. The Balaban J connectivity index is 1.78. The minimum atomic E-state index is -0.414. The van der Waals surface area contributed by atoms with Crippen LogP contribution in [0.15, 0.2) is 52.2 Å². The number of nitrogens with one attached hydrogen (secondary N) is 1. The van der Waals surface area contributed by atoms with Crippen LogP contribution in [0, 0.1) is 19.3 Å². The van der Waals surface area contributed by atoms with Crippen molar-refractivity contribution in [2.45, 2.75) is 13.8 Å². The minimum Gasteiger partial charge on any atom is -0.317 e. The standard InChI is InChI=1S/C18H15N5OS/c1-11-6-12(2)8-14(7-11)22-5-3-4-13(22)9-15-16(19)23-18(21-17(15)24)25-10-20-23/h3-10,19H,1-2H3/b15-9+,19-16?. The van der Waals surface area contributed by atoms with Gasteiger partial charge in [0.25, 0.3) is 5.91 Å². The number of nitrogens with zero attached hydrogens (tertiary/aromatic N) is 4. The highest BCUT2D eigenvalue weighted by Gasteiger charge is 2.32. The Morgan fingerprint density at radius 1 is 1.20 bits per heavy atom. The van der Waals surface area contributed by atoms with Crippen LogP contribution in [0.1, 0.15) is 16.8 Å². The normalized spacial score (nSPS) is 18.1. The van der Waals surface area contributed by atoms with Crippen molar-refractivity contribution in [1.29, 1.82) is 5.41 Å². The number of rotatable bonds is 2. The zero-order valence-corrected chi connectivity index (χ0v) is 14.5. The van der Waals surface area contributed by atoms with Crippen molar-refractivity contribution >= 4 is 40.3 Å². The highest BCUT2D eigenvalue weighted by Crippen LogP contribution is 2.26. The molecule has 2 aliphatic rings. The predicted octanol–water partition coefficient (Wildman–Crippen LogP) is 3.34. The van der Waals surface area contributed by atoms with Crippen LogP contribution in [0.5, 0.6) is 0 Å². The van der Waals surface area contributed by atoms with E-state index in [1.807, 2.05) is 22.9 Å². The number of carbonyl (C=O) groups excluding carboxylic acids is 1. The van der Waals surface area contributed by atoms with Crippen molar-refractivity contribution in [3.8, 4) is 5.69 Å². The molecule has 0 saturated carbocycles. The Kier molecular flexibility index (Phi) is 3.65. The molecule has 6 nitrogen and oxygen atoms in total. The lowest BCUT2D eigenvalue weighted by atomic mass is 10.1. The molecule has 1 amide bonds. The molecule has 0 fully saturated rings. The van der Waals surface area contributed by atoms with E-state index in [0.717, 1.165) is 11.4 Å². The van der Waals surface area contributed by atoms with E-state index in [1.54, 1.807) is 11.6 Å². The van der Waals surface area contributed by atoms with E-state index in [2.05, 4.69) is 42.1 Å². The Labute approximate surface area is 149 Å². The Morgan fingerprint density at radius 2 is 1.96 bits per heavy atom. The summed E-state index contributed by atoms with van der Waals surface area (Å²) in [5, 5.41) is 14.1. The molecular formula is C18H15N5OS. The van der Waals surface area contributed by atoms with Crippen molar-refractivity contribution < 1.29 is 4.79 Å². The second kappa shape index (κ2) is 5.86. The Morgan fingerprint density at radius 3 is 2.72 bits per heavy atom. The molecule has 4 rings (SSSR count). The molecule has 0 spiro atoms. The number of hydrazone groups is 1. The fourth-order valence-electron chi connectivity index (χ4n) is 2.92. The van der Waals surface area contributed by atoms with Crippen molar-refractivity contribution in [2.75, 3.05) is 0 Å². The van der Waals surface area contributed by atoms with E-state index in [4.69, 9.17) is 5.41 Å². The molecule has 0 saturated heterocycles. The van der Waals surface area contributed by atoms with Gasteiger partial charge in [-0.15, -0.1) is 0 Å². The molecule has 3 heterocycles. The summed E-state index contributed by atoms with van der Waals surface area (Å²) in [6.07, 6.45) is 3.64. The van der Waals surface area contributed by atoms with Gasteiger partial charge in [0, 0.05) is 17.6 Å². The van der Waals surface area contributed by atoms with E-state index in [1.165, 1.54) is 27.9 Å². The topological polar surface area (TPSA) is 73.8 Å². The zero-order valence-electron chi connectivity index (χ0n) is 13.7. The van der Waals surface area contributed by atoms with Gasteiger partial charge in [0.05, 0.1) is 11.1 Å². The van der Waals surface area contributed by atoms with Gasteiger partial charge in [-0.05, 0) is 67.1 Å². The summed E-state index contributed by atoms with van der Waals surface area (Å²) >= 11 is 1.24. The zero-order chi connectivity index (χ0) is 17.6. The highest BCUT2D eigenvalue weighted by atomic mass is 32.2. The number of aromatic nitrogens is 1. The van der Waals surface area contributed by atoms with Gasteiger partial charge in [0.1, 0.15) is 0 Å². The van der Waals surface area contributed by atoms with Crippen molar-refractivity contribution in [3.63, 3.8) is 0 Å². The first-order valence-corrected chi connectivity index (χ1v) is 8.60. The summed E-state index contributed by atoms with van der Waals surface area (Å²) < 4.78 is 1.99. The SMILES string of the molecule is Cc1cc(C)cc(-n2cccc2/C=C2\C(=N)N3N=CSC3=NC2=O)c1. The molecule has 25 heavy (non-hydrogen) atoms. The van der Waals surface area contributed by atoms with Gasteiger partial charge in [-0.1, -0.05) is 6.07 Å². The third-order valence-electron chi connectivity index (χ3n) is 3.95. The van der Waals surface area contributed by atoms with Gasteiger partial charge in [0.2, 0.25) is 0 Å². The number of carbonyl (C=O) groups is 1. The van der Waals surface area contributed by atoms with Gasteiger partial charge >= 0.3 is 0 Å². The number of hydrogen-bond acceptors (Lipinski definition) is 4. The van der Waals surface area contributed by atoms with Crippen LogP contribution in [0.25, 0.3) is 11.8 Å². The summed E-state index contributed by atoms with van der Waals surface area (Å²) in [4.78, 5) is 16.3. The van der Waals surface area contributed by atoms with E-state index in [0.29, 0.717) is 5.17 Å². The third-order valence-corrected chi connectivity index (χ3v) is 4.63. The molecule has 0 unspecified atom stereocenters. The summed E-state index contributed by atoms with van der Waals surface area (Å²) in [6.45, 7) is 4.11. The van der Waals surface area contributed by atoms with E-state index < -0.39 is 5.91 Å². The van der Waals surface area contributed by atoms with Crippen LogP contribution in [-0.4, -0.2) is 32.0 Å². The van der Waals surface area contributed by atoms with E-state index >= 15 is 0 Å². The van der Waals surface area contributed by atoms with E-state index in [-0.39, 0.29) is 11.4 Å². The largest absolute Gasteiger partial charge is 0.317 e. The van der Waals surface area contributed by atoms with Crippen LogP contribution in [0.4, 0.5) is 0 Å². The molecule has 0 bridgehead atoms. The predicted molar refractivity (Wildman–Crippen MR) is 101 cm³/mol. The fourth-order valence-corrected chi connectivity index (χ4v) is 3.53. The number of amidine groups is 2. The Bertz CT molecular complexity index is 978. The summed E-state index contributed by atoms with van der Waals surface area (Å²) in [5.74, 6) is -0.369. The maximum Gasteiger partial charge on any atom is 0.283 e.